The number of hydrogen-bond acceptors (Lipinski definition) is 8. The summed E-state index contributed by atoms with van der Waals surface area (Å²) in [6, 6.07) is 0. The molecule has 0 radical (unpaired) electrons. The van der Waals surface area contributed by atoms with Crippen LogP contribution in [-0.2, 0) is 33.3 Å². The molecule has 0 aromatic heterocycles. The van der Waals surface area contributed by atoms with Crippen molar-refractivity contribution in [3.63, 3.8) is 0 Å². The molecular weight excluding hydrogens is 260 g/mol. The minimum Gasteiger partial charge on any atom is -0.456 e. The van der Waals surface area contributed by atoms with E-state index in [0.29, 0.717) is 0 Å². The molecule has 1 rings (SSSR count). The van der Waals surface area contributed by atoms with E-state index in [-0.39, 0.29) is 6.61 Å². The summed E-state index contributed by atoms with van der Waals surface area (Å²) >= 11 is 0. The predicted molar refractivity (Wildman–Crippen MR) is 58.6 cm³/mol. The molecule has 0 spiro atoms. The van der Waals surface area contributed by atoms with Crippen molar-refractivity contribution in [3.05, 3.63) is 0 Å². The van der Waals surface area contributed by atoms with E-state index < -0.39 is 42.5 Å². The van der Waals surface area contributed by atoms with E-state index in [1.54, 1.807) is 0 Å². The summed E-state index contributed by atoms with van der Waals surface area (Å²) in [6.45, 7) is 3.31. The van der Waals surface area contributed by atoms with Crippen molar-refractivity contribution in [2.24, 2.45) is 0 Å². The summed E-state index contributed by atoms with van der Waals surface area (Å²) in [6.07, 6.45) is -4.82. The van der Waals surface area contributed by atoms with E-state index in [1.165, 1.54) is 6.92 Å². The molecule has 0 aromatic carbocycles. The van der Waals surface area contributed by atoms with Gasteiger partial charge < -0.3 is 24.1 Å². The maximum Gasteiger partial charge on any atom is 0.305 e. The Balaban J connectivity index is 2.79. The number of hydrogen-bond donors (Lipinski definition) is 1. The largest absolute Gasteiger partial charge is 0.456 e. The SMILES string of the molecule is CC(=O)O[C@H]1OC[C@H](OC(C)=O)[C@@H](OC(C)=O)[C@H]1O. The minimum absolute atomic E-state index is 0.160. The van der Waals surface area contributed by atoms with E-state index in [0.717, 1.165) is 13.8 Å². The fourth-order valence-electron chi connectivity index (χ4n) is 1.68. The molecule has 1 N–H and O–H groups in total. The first-order chi connectivity index (χ1) is 8.81. The molecule has 1 aliphatic heterocycles. The molecule has 108 valence electrons. The number of aliphatic hydroxyl groups excluding tert-OH is 1. The Bertz CT molecular complexity index is 366. The lowest BCUT2D eigenvalue weighted by Crippen LogP contribution is -2.56. The zero-order valence-electron chi connectivity index (χ0n) is 10.8. The maximum atomic E-state index is 11.0. The number of aliphatic hydroxyl groups is 1. The van der Waals surface area contributed by atoms with Gasteiger partial charge in [0.25, 0.3) is 0 Å². The fourth-order valence-corrected chi connectivity index (χ4v) is 1.68. The smallest absolute Gasteiger partial charge is 0.305 e. The number of esters is 3. The molecular formula is C11H16O8. The summed E-state index contributed by atoms with van der Waals surface area (Å²) in [5, 5.41) is 9.94. The van der Waals surface area contributed by atoms with Crippen LogP contribution in [0.1, 0.15) is 20.8 Å². The number of carbonyl (C=O) groups excluding carboxylic acids is 3. The molecule has 1 fully saturated rings. The molecule has 1 heterocycles. The molecule has 0 aliphatic carbocycles. The van der Waals surface area contributed by atoms with Crippen LogP contribution in [0.25, 0.3) is 0 Å². The zero-order chi connectivity index (χ0) is 14.6. The van der Waals surface area contributed by atoms with Gasteiger partial charge in [0.15, 0.2) is 18.3 Å². The highest BCUT2D eigenvalue weighted by Gasteiger charge is 2.45. The molecule has 1 aliphatic rings. The van der Waals surface area contributed by atoms with Crippen molar-refractivity contribution >= 4 is 17.9 Å². The second kappa shape index (κ2) is 6.48. The van der Waals surface area contributed by atoms with Gasteiger partial charge in [-0.15, -0.1) is 0 Å². The average molecular weight is 276 g/mol. The Morgan fingerprint density at radius 2 is 1.53 bits per heavy atom. The van der Waals surface area contributed by atoms with Crippen LogP contribution in [0.2, 0.25) is 0 Å². The van der Waals surface area contributed by atoms with E-state index in [2.05, 4.69) is 0 Å². The molecule has 0 aromatic rings. The van der Waals surface area contributed by atoms with Crippen LogP contribution in [0.3, 0.4) is 0 Å². The fraction of sp³-hybridized carbons (Fsp3) is 0.727. The normalized spacial score (nSPS) is 30.3. The van der Waals surface area contributed by atoms with Gasteiger partial charge in [-0.25, -0.2) is 0 Å². The van der Waals surface area contributed by atoms with Gasteiger partial charge in [0, 0.05) is 20.8 Å². The van der Waals surface area contributed by atoms with Crippen molar-refractivity contribution in [1.82, 2.24) is 0 Å². The third kappa shape index (κ3) is 4.49. The van der Waals surface area contributed by atoms with Gasteiger partial charge in [0.05, 0.1) is 6.61 Å². The quantitative estimate of drug-likeness (QED) is 0.523. The molecule has 0 bridgehead atoms. The van der Waals surface area contributed by atoms with Gasteiger partial charge in [-0.1, -0.05) is 0 Å². The summed E-state index contributed by atoms with van der Waals surface area (Å²) in [4.78, 5) is 32.8. The van der Waals surface area contributed by atoms with E-state index in [1.807, 2.05) is 0 Å². The van der Waals surface area contributed by atoms with Crippen molar-refractivity contribution in [1.29, 1.82) is 0 Å². The van der Waals surface area contributed by atoms with Gasteiger partial charge >= 0.3 is 17.9 Å². The topological polar surface area (TPSA) is 108 Å². The van der Waals surface area contributed by atoms with E-state index in [9.17, 15) is 19.5 Å². The van der Waals surface area contributed by atoms with Crippen LogP contribution in [0.4, 0.5) is 0 Å². The lowest BCUT2D eigenvalue weighted by molar-refractivity contribution is -0.269. The van der Waals surface area contributed by atoms with Gasteiger partial charge in [-0.3, -0.25) is 14.4 Å². The summed E-state index contributed by atoms with van der Waals surface area (Å²) in [5.74, 6) is -1.93. The van der Waals surface area contributed by atoms with Crippen molar-refractivity contribution in [2.75, 3.05) is 6.61 Å². The molecule has 4 atom stereocenters. The molecule has 8 nitrogen and oxygen atoms in total. The van der Waals surface area contributed by atoms with E-state index in [4.69, 9.17) is 18.9 Å². The summed E-state index contributed by atoms with van der Waals surface area (Å²) < 4.78 is 19.6. The second-order valence-corrected chi connectivity index (χ2v) is 4.02. The highest BCUT2D eigenvalue weighted by Crippen LogP contribution is 2.22. The Morgan fingerprint density at radius 1 is 1.00 bits per heavy atom. The second-order valence-electron chi connectivity index (χ2n) is 4.02. The van der Waals surface area contributed by atoms with Gasteiger partial charge in [0.2, 0.25) is 6.29 Å². The first-order valence-corrected chi connectivity index (χ1v) is 5.62. The van der Waals surface area contributed by atoms with Gasteiger partial charge in [-0.2, -0.15) is 0 Å². The van der Waals surface area contributed by atoms with Crippen molar-refractivity contribution in [2.45, 2.75) is 45.4 Å². The molecule has 0 amide bonds. The van der Waals surface area contributed by atoms with Crippen LogP contribution >= 0.6 is 0 Å². The third-order valence-electron chi connectivity index (χ3n) is 2.31. The van der Waals surface area contributed by atoms with Crippen LogP contribution < -0.4 is 0 Å². The van der Waals surface area contributed by atoms with Gasteiger partial charge in [0.1, 0.15) is 0 Å². The highest BCUT2D eigenvalue weighted by atomic mass is 16.7. The minimum atomic E-state index is -1.44. The highest BCUT2D eigenvalue weighted by molar-refractivity contribution is 5.67. The predicted octanol–water partition coefficient (Wildman–Crippen LogP) is -0.870. The van der Waals surface area contributed by atoms with E-state index >= 15 is 0 Å². The van der Waals surface area contributed by atoms with Crippen LogP contribution in [0.5, 0.6) is 0 Å². The van der Waals surface area contributed by atoms with Crippen molar-refractivity contribution in [3.8, 4) is 0 Å². The Hall–Kier alpha value is -1.67. The van der Waals surface area contributed by atoms with Gasteiger partial charge in [-0.05, 0) is 0 Å². The zero-order valence-corrected chi connectivity index (χ0v) is 10.8. The van der Waals surface area contributed by atoms with Crippen LogP contribution in [0.15, 0.2) is 0 Å². The van der Waals surface area contributed by atoms with Crippen molar-refractivity contribution < 1.29 is 38.4 Å². The summed E-state index contributed by atoms with van der Waals surface area (Å²) in [5.41, 5.74) is 0. The first-order valence-electron chi connectivity index (χ1n) is 5.62. The Kier molecular flexibility index (Phi) is 5.25. The third-order valence-corrected chi connectivity index (χ3v) is 2.31. The monoisotopic (exact) mass is 276 g/mol. The van der Waals surface area contributed by atoms with Crippen LogP contribution in [-0.4, -0.2) is 54.2 Å². The molecule has 1 saturated heterocycles. The van der Waals surface area contributed by atoms with Crippen LogP contribution in [0, 0.1) is 0 Å². The number of rotatable bonds is 3. The molecule has 0 unspecified atom stereocenters. The molecule has 19 heavy (non-hydrogen) atoms. The summed E-state index contributed by atoms with van der Waals surface area (Å²) in [7, 11) is 0. The lowest BCUT2D eigenvalue weighted by atomic mass is 10.0. The first kappa shape index (κ1) is 15.4. The Morgan fingerprint density at radius 3 is 2.00 bits per heavy atom. The standard InChI is InChI=1S/C11H16O8/c1-5(12)17-8-4-16-11(19-7(3)14)9(15)10(8)18-6(2)13/h8-11,15H,4H2,1-3H3/t8-,9+,10+,11+/m0/s1. The Labute approximate surface area is 109 Å². The maximum absolute atomic E-state index is 11.0. The number of ether oxygens (including phenoxy) is 4. The molecule has 8 heteroatoms. The molecule has 0 saturated carbocycles. The number of carbonyl (C=O) groups is 3. The average Bonchev–Trinajstić information content (AvgIpc) is 2.26. The lowest BCUT2D eigenvalue weighted by Gasteiger charge is -2.37.